The van der Waals surface area contributed by atoms with Crippen molar-refractivity contribution in [3.05, 3.63) is 50.0 Å². The number of hydrogen-bond donors (Lipinski definition) is 2. The number of amides is 1. The number of rotatable bonds is 5. The highest BCUT2D eigenvalue weighted by Crippen LogP contribution is 2.29. The van der Waals surface area contributed by atoms with Gasteiger partial charge in [-0.2, -0.15) is 0 Å². The molecule has 2 aromatic rings. The van der Waals surface area contributed by atoms with Crippen LogP contribution < -0.4 is 5.32 Å². The van der Waals surface area contributed by atoms with E-state index in [0.29, 0.717) is 13.0 Å². The van der Waals surface area contributed by atoms with Crippen molar-refractivity contribution in [2.75, 3.05) is 6.54 Å². The van der Waals surface area contributed by atoms with Crippen molar-refractivity contribution in [2.45, 2.75) is 13.3 Å². The van der Waals surface area contributed by atoms with Crippen LogP contribution in [0.2, 0.25) is 0 Å². The summed E-state index contributed by atoms with van der Waals surface area (Å²) >= 11 is 1.51. The highest BCUT2D eigenvalue weighted by molar-refractivity contribution is 7.09. The Kier molecular flexibility index (Phi) is 4.49. The van der Waals surface area contributed by atoms with Gasteiger partial charge in [0.25, 0.3) is 5.91 Å². The van der Waals surface area contributed by atoms with Gasteiger partial charge in [-0.3, -0.25) is 14.9 Å². The molecule has 2 rings (SSSR count). The van der Waals surface area contributed by atoms with Crippen molar-refractivity contribution >= 4 is 22.9 Å². The van der Waals surface area contributed by atoms with E-state index in [1.54, 1.807) is 0 Å². The Labute approximate surface area is 124 Å². The maximum absolute atomic E-state index is 11.9. The fourth-order valence-electron chi connectivity index (χ4n) is 1.76. The molecule has 0 radical (unpaired) electrons. The Morgan fingerprint density at radius 2 is 2.29 bits per heavy atom. The summed E-state index contributed by atoms with van der Waals surface area (Å²) in [6.07, 6.45) is 0.569. The van der Waals surface area contributed by atoms with Gasteiger partial charge in [0, 0.05) is 30.1 Å². The first kappa shape index (κ1) is 14.9. The molecule has 0 saturated carbocycles. The largest absolute Gasteiger partial charge is 0.502 e. The minimum atomic E-state index is -0.732. The number of para-hydroxylation sites is 1. The van der Waals surface area contributed by atoms with Crippen LogP contribution in [0.15, 0.2) is 23.6 Å². The first-order chi connectivity index (χ1) is 9.99. The van der Waals surface area contributed by atoms with Crippen LogP contribution in [0, 0.1) is 17.0 Å². The smallest absolute Gasteiger partial charge is 0.311 e. The molecule has 7 nitrogen and oxygen atoms in total. The molecule has 1 aromatic heterocycles. The predicted octanol–water partition coefficient (Wildman–Crippen LogP) is 2.04. The van der Waals surface area contributed by atoms with Crippen molar-refractivity contribution in [1.82, 2.24) is 10.3 Å². The molecule has 0 aliphatic rings. The molecule has 1 aromatic carbocycles. The molecule has 8 heteroatoms. The number of nitrogens with zero attached hydrogens (tertiary/aromatic N) is 2. The third-order valence-corrected chi connectivity index (χ3v) is 3.77. The summed E-state index contributed by atoms with van der Waals surface area (Å²) in [5.74, 6) is -1.17. The molecular formula is C13H13N3O4S. The molecule has 0 unspecified atom stereocenters. The number of carbonyl (C=O) groups excluding carboxylic acids is 1. The summed E-state index contributed by atoms with van der Waals surface area (Å²) in [5, 5.41) is 25.9. The number of aromatic hydroxyl groups is 1. The molecule has 0 spiro atoms. The second-order valence-electron chi connectivity index (χ2n) is 4.32. The zero-order valence-corrected chi connectivity index (χ0v) is 12.0. The summed E-state index contributed by atoms with van der Waals surface area (Å²) in [7, 11) is 0. The number of carbonyl (C=O) groups is 1. The van der Waals surface area contributed by atoms with Gasteiger partial charge in [-0.1, -0.05) is 6.07 Å². The van der Waals surface area contributed by atoms with Gasteiger partial charge in [-0.15, -0.1) is 11.3 Å². The molecule has 0 aliphatic heterocycles. The summed E-state index contributed by atoms with van der Waals surface area (Å²) in [4.78, 5) is 26.2. The highest BCUT2D eigenvalue weighted by Gasteiger charge is 2.20. The SMILES string of the molecule is Cc1csc(CCNC(=O)c2cccc([N+](=O)[O-])c2O)n1. The third kappa shape index (κ3) is 3.54. The van der Waals surface area contributed by atoms with Crippen molar-refractivity contribution in [3.8, 4) is 5.75 Å². The van der Waals surface area contributed by atoms with Crippen molar-refractivity contribution < 1.29 is 14.8 Å². The van der Waals surface area contributed by atoms with Gasteiger partial charge in [0.1, 0.15) is 0 Å². The average Bonchev–Trinajstić information content (AvgIpc) is 2.84. The van der Waals surface area contributed by atoms with Gasteiger partial charge in [0.2, 0.25) is 5.75 Å². The number of hydrogen-bond acceptors (Lipinski definition) is 6. The van der Waals surface area contributed by atoms with E-state index in [-0.39, 0.29) is 5.56 Å². The molecule has 2 N–H and O–H groups in total. The summed E-state index contributed by atoms with van der Waals surface area (Å²) in [6, 6.07) is 3.84. The van der Waals surface area contributed by atoms with Crippen LogP contribution in [0.3, 0.4) is 0 Å². The van der Waals surface area contributed by atoms with E-state index >= 15 is 0 Å². The van der Waals surface area contributed by atoms with Crippen LogP contribution in [0.1, 0.15) is 21.1 Å². The molecule has 1 amide bonds. The van der Waals surface area contributed by atoms with E-state index in [1.807, 2.05) is 12.3 Å². The van der Waals surface area contributed by atoms with E-state index in [0.717, 1.165) is 16.8 Å². The van der Waals surface area contributed by atoms with Crippen molar-refractivity contribution in [3.63, 3.8) is 0 Å². The van der Waals surface area contributed by atoms with Crippen molar-refractivity contribution in [1.29, 1.82) is 0 Å². The lowest BCUT2D eigenvalue weighted by atomic mass is 10.1. The summed E-state index contributed by atoms with van der Waals surface area (Å²) in [5.41, 5.74) is 0.329. The highest BCUT2D eigenvalue weighted by atomic mass is 32.1. The number of nitrogens with one attached hydrogen (secondary N) is 1. The number of aryl methyl sites for hydroxylation is 1. The maximum atomic E-state index is 11.9. The van der Waals surface area contributed by atoms with Crippen LogP contribution in [0.25, 0.3) is 0 Å². The zero-order valence-electron chi connectivity index (χ0n) is 11.2. The second-order valence-corrected chi connectivity index (χ2v) is 5.26. The topological polar surface area (TPSA) is 105 Å². The molecule has 110 valence electrons. The number of nitro benzene ring substituents is 1. The Bertz CT molecular complexity index is 684. The van der Waals surface area contributed by atoms with Crippen LogP contribution in [-0.2, 0) is 6.42 Å². The van der Waals surface area contributed by atoms with E-state index in [4.69, 9.17) is 0 Å². The number of aromatic nitrogens is 1. The Balaban J connectivity index is 2.00. The minimum Gasteiger partial charge on any atom is -0.502 e. The lowest BCUT2D eigenvalue weighted by Gasteiger charge is -2.06. The summed E-state index contributed by atoms with van der Waals surface area (Å²) in [6.45, 7) is 2.23. The number of nitro groups is 1. The molecule has 0 saturated heterocycles. The quantitative estimate of drug-likeness (QED) is 0.649. The van der Waals surface area contributed by atoms with E-state index < -0.39 is 22.3 Å². The monoisotopic (exact) mass is 307 g/mol. The molecule has 0 aliphatic carbocycles. The number of phenolic OH excluding ortho intramolecular Hbond substituents is 1. The zero-order chi connectivity index (χ0) is 15.4. The van der Waals surface area contributed by atoms with Crippen LogP contribution in [0.5, 0.6) is 5.75 Å². The normalized spacial score (nSPS) is 10.3. The van der Waals surface area contributed by atoms with Gasteiger partial charge in [-0.25, -0.2) is 4.98 Å². The van der Waals surface area contributed by atoms with Gasteiger partial charge < -0.3 is 10.4 Å². The molecule has 0 atom stereocenters. The van der Waals surface area contributed by atoms with Gasteiger partial charge in [0.15, 0.2) is 0 Å². The Hall–Kier alpha value is -2.48. The number of thiazole rings is 1. The fourth-order valence-corrected chi connectivity index (χ4v) is 2.53. The maximum Gasteiger partial charge on any atom is 0.311 e. The molecule has 0 fully saturated rings. The van der Waals surface area contributed by atoms with E-state index in [2.05, 4.69) is 10.3 Å². The van der Waals surface area contributed by atoms with Crippen LogP contribution >= 0.6 is 11.3 Å². The summed E-state index contributed by atoms with van der Waals surface area (Å²) < 4.78 is 0. The van der Waals surface area contributed by atoms with E-state index in [9.17, 15) is 20.0 Å². The Morgan fingerprint density at radius 3 is 2.90 bits per heavy atom. The van der Waals surface area contributed by atoms with Gasteiger partial charge in [0.05, 0.1) is 15.5 Å². The van der Waals surface area contributed by atoms with E-state index in [1.165, 1.54) is 23.5 Å². The predicted molar refractivity (Wildman–Crippen MR) is 77.6 cm³/mol. The molecule has 0 bridgehead atoms. The number of benzene rings is 1. The number of phenols is 1. The lowest BCUT2D eigenvalue weighted by Crippen LogP contribution is -2.25. The molecular weight excluding hydrogens is 294 g/mol. The third-order valence-electron chi connectivity index (χ3n) is 2.75. The standard InChI is InChI=1S/C13H13N3O4S/c1-8-7-21-11(15-8)5-6-14-13(18)9-3-2-4-10(12(9)17)16(19)20/h2-4,7,17H,5-6H2,1H3,(H,14,18). The van der Waals surface area contributed by atoms with Gasteiger partial charge in [-0.05, 0) is 13.0 Å². The lowest BCUT2D eigenvalue weighted by molar-refractivity contribution is -0.385. The second kappa shape index (κ2) is 6.31. The first-order valence-corrected chi connectivity index (χ1v) is 7.02. The first-order valence-electron chi connectivity index (χ1n) is 6.14. The van der Waals surface area contributed by atoms with Crippen LogP contribution in [0.4, 0.5) is 5.69 Å². The minimum absolute atomic E-state index is 0.112. The fraction of sp³-hybridized carbons (Fsp3) is 0.231. The molecule has 1 heterocycles. The van der Waals surface area contributed by atoms with Crippen LogP contribution in [-0.4, -0.2) is 27.5 Å². The Morgan fingerprint density at radius 1 is 1.52 bits per heavy atom. The molecule has 21 heavy (non-hydrogen) atoms. The average molecular weight is 307 g/mol. The van der Waals surface area contributed by atoms with Gasteiger partial charge >= 0.3 is 5.69 Å². The van der Waals surface area contributed by atoms with Crippen molar-refractivity contribution in [2.24, 2.45) is 0 Å².